The highest BCUT2D eigenvalue weighted by molar-refractivity contribution is 9.10. The van der Waals surface area contributed by atoms with Crippen molar-refractivity contribution in [1.29, 1.82) is 0 Å². The third kappa shape index (κ3) is 6.07. The van der Waals surface area contributed by atoms with Crippen LogP contribution in [-0.4, -0.2) is 23.5 Å². The Bertz CT molecular complexity index is 465. The highest BCUT2D eigenvalue weighted by atomic mass is 79.9. The van der Waals surface area contributed by atoms with E-state index in [9.17, 15) is 9.59 Å². The van der Waals surface area contributed by atoms with Crippen molar-refractivity contribution in [2.75, 3.05) is 6.54 Å². The van der Waals surface area contributed by atoms with Crippen LogP contribution in [-0.2, 0) is 4.79 Å². The Morgan fingerprint density at radius 1 is 1.26 bits per heavy atom. The third-order valence-corrected chi connectivity index (χ3v) is 3.77. The smallest absolute Gasteiger partial charge is 0.303 e. The molecule has 1 aromatic carbocycles. The van der Waals surface area contributed by atoms with Crippen molar-refractivity contribution in [1.82, 2.24) is 5.32 Å². The zero-order valence-corrected chi connectivity index (χ0v) is 12.6. The lowest BCUT2D eigenvalue weighted by molar-refractivity contribution is -0.137. The van der Waals surface area contributed by atoms with Crippen molar-refractivity contribution in [3.05, 3.63) is 33.3 Å². The molecule has 0 atom stereocenters. The molecule has 1 aromatic rings. The number of benzene rings is 1. The van der Waals surface area contributed by atoms with E-state index in [1.165, 1.54) is 0 Å². The van der Waals surface area contributed by atoms with E-state index in [0.29, 0.717) is 23.6 Å². The number of carbonyl (C=O) groups excluding carboxylic acids is 1. The summed E-state index contributed by atoms with van der Waals surface area (Å²) in [5.41, 5.74) is 0.513. The number of halogens is 2. The number of carboxylic acids is 1. The highest BCUT2D eigenvalue weighted by Gasteiger charge is 2.07. The van der Waals surface area contributed by atoms with Gasteiger partial charge in [0.15, 0.2) is 0 Å². The molecule has 0 fully saturated rings. The van der Waals surface area contributed by atoms with Gasteiger partial charge in [-0.25, -0.2) is 0 Å². The van der Waals surface area contributed by atoms with E-state index in [2.05, 4.69) is 21.2 Å². The molecule has 0 heterocycles. The van der Waals surface area contributed by atoms with Gasteiger partial charge >= 0.3 is 5.97 Å². The summed E-state index contributed by atoms with van der Waals surface area (Å²) in [6, 6.07) is 5.02. The number of amides is 1. The van der Waals surface area contributed by atoms with Gasteiger partial charge in [0, 0.05) is 23.0 Å². The lowest BCUT2D eigenvalue weighted by Gasteiger charge is -2.06. The van der Waals surface area contributed by atoms with Crippen molar-refractivity contribution in [2.24, 2.45) is 0 Å². The lowest BCUT2D eigenvalue weighted by Crippen LogP contribution is -2.24. The first-order valence-electron chi connectivity index (χ1n) is 5.95. The summed E-state index contributed by atoms with van der Waals surface area (Å²) in [5.74, 6) is -0.957. The lowest BCUT2D eigenvalue weighted by atomic mass is 10.2. The summed E-state index contributed by atoms with van der Waals surface area (Å²) >= 11 is 9.17. The molecule has 0 aliphatic heterocycles. The van der Waals surface area contributed by atoms with Crippen molar-refractivity contribution < 1.29 is 14.7 Å². The van der Waals surface area contributed by atoms with Crippen molar-refractivity contribution in [3.8, 4) is 0 Å². The molecule has 6 heteroatoms. The van der Waals surface area contributed by atoms with Crippen LogP contribution >= 0.6 is 27.5 Å². The van der Waals surface area contributed by atoms with Gasteiger partial charge in [0.1, 0.15) is 0 Å². The molecule has 0 spiro atoms. The minimum atomic E-state index is -0.784. The quantitative estimate of drug-likeness (QED) is 0.741. The molecule has 0 bridgehead atoms. The number of carbonyl (C=O) groups is 2. The maximum absolute atomic E-state index is 11.8. The molecular weight excluding hydrogens is 334 g/mol. The predicted octanol–water partition coefficient (Wildman–Crippen LogP) is 3.48. The largest absolute Gasteiger partial charge is 0.481 e. The van der Waals surface area contributed by atoms with Gasteiger partial charge in [-0.2, -0.15) is 0 Å². The van der Waals surface area contributed by atoms with Gasteiger partial charge in [-0.15, -0.1) is 0 Å². The van der Waals surface area contributed by atoms with Crippen LogP contribution in [0.4, 0.5) is 0 Å². The fraction of sp³-hybridized carbons (Fsp3) is 0.385. The molecular formula is C13H15BrClNO3. The van der Waals surface area contributed by atoms with Crippen LogP contribution in [0.15, 0.2) is 22.7 Å². The normalized spacial score (nSPS) is 10.2. The summed E-state index contributed by atoms with van der Waals surface area (Å²) in [6.45, 7) is 0.534. The Morgan fingerprint density at radius 2 is 2.00 bits per heavy atom. The summed E-state index contributed by atoms with van der Waals surface area (Å²) in [7, 11) is 0. The Labute approximate surface area is 125 Å². The SMILES string of the molecule is O=C(O)CCCCCNC(=O)c1ccc(Br)c(Cl)c1. The fourth-order valence-electron chi connectivity index (χ4n) is 1.52. The molecule has 19 heavy (non-hydrogen) atoms. The van der Waals surface area contributed by atoms with Gasteiger partial charge < -0.3 is 10.4 Å². The number of aliphatic carboxylic acids is 1. The predicted molar refractivity (Wildman–Crippen MR) is 77.6 cm³/mol. The van der Waals surface area contributed by atoms with Gasteiger partial charge in [0.05, 0.1) is 5.02 Å². The standard InChI is InChI=1S/C13H15BrClNO3/c14-10-6-5-9(8-11(10)15)13(19)16-7-3-1-2-4-12(17)18/h5-6,8H,1-4,7H2,(H,16,19)(H,17,18). The van der Waals surface area contributed by atoms with Crippen LogP contribution in [0.25, 0.3) is 0 Å². The topological polar surface area (TPSA) is 66.4 Å². The average molecular weight is 349 g/mol. The van der Waals surface area contributed by atoms with Gasteiger partial charge in [-0.3, -0.25) is 9.59 Å². The highest BCUT2D eigenvalue weighted by Crippen LogP contribution is 2.23. The van der Waals surface area contributed by atoms with E-state index >= 15 is 0 Å². The van der Waals surface area contributed by atoms with Gasteiger partial charge in [-0.05, 0) is 47.0 Å². The Kier molecular flexibility index (Phi) is 6.87. The first-order valence-corrected chi connectivity index (χ1v) is 7.13. The maximum Gasteiger partial charge on any atom is 0.303 e. The third-order valence-electron chi connectivity index (χ3n) is 2.53. The van der Waals surface area contributed by atoms with E-state index < -0.39 is 5.97 Å². The zero-order valence-electron chi connectivity index (χ0n) is 10.3. The number of unbranched alkanes of at least 4 members (excludes halogenated alkanes) is 2. The summed E-state index contributed by atoms with van der Waals surface area (Å²) in [4.78, 5) is 22.1. The number of hydrogen-bond donors (Lipinski definition) is 2. The first kappa shape index (κ1) is 16.0. The second-order valence-electron chi connectivity index (χ2n) is 4.09. The van der Waals surface area contributed by atoms with Gasteiger partial charge in [0.2, 0.25) is 0 Å². The molecule has 0 unspecified atom stereocenters. The first-order chi connectivity index (χ1) is 9.00. The van der Waals surface area contributed by atoms with Crippen molar-refractivity contribution in [2.45, 2.75) is 25.7 Å². The van der Waals surface area contributed by atoms with E-state index in [0.717, 1.165) is 17.3 Å². The molecule has 1 amide bonds. The van der Waals surface area contributed by atoms with Gasteiger partial charge in [0.25, 0.3) is 5.91 Å². The molecule has 104 valence electrons. The molecule has 0 aliphatic rings. The fourth-order valence-corrected chi connectivity index (χ4v) is 1.95. The van der Waals surface area contributed by atoms with Crippen molar-refractivity contribution >= 4 is 39.4 Å². The average Bonchev–Trinajstić information content (AvgIpc) is 2.36. The van der Waals surface area contributed by atoms with Crippen LogP contribution in [0.3, 0.4) is 0 Å². The molecule has 0 radical (unpaired) electrons. The second kappa shape index (κ2) is 8.17. The molecule has 0 aliphatic carbocycles. The molecule has 1 rings (SSSR count). The number of rotatable bonds is 7. The van der Waals surface area contributed by atoms with Crippen LogP contribution in [0.5, 0.6) is 0 Å². The Hall–Kier alpha value is -1.07. The molecule has 4 nitrogen and oxygen atoms in total. The minimum Gasteiger partial charge on any atom is -0.481 e. The van der Waals surface area contributed by atoms with E-state index in [1.807, 2.05) is 0 Å². The summed E-state index contributed by atoms with van der Waals surface area (Å²) in [6.07, 6.45) is 2.36. The van der Waals surface area contributed by atoms with Gasteiger partial charge in [-0.1, -0.05) is 18.0 Å². The molecule has 0 saturated heterocycles. The van der Waals surface area contributed by atoms with E-state index in [1.54, 1.807) is 18.2 Å². The number of nitrogens with one attached hydrogen (secondary N) is 1. The zero-order chi connectivity index (χ0) is 14.3. The molecule has 0 aromatic heterocycles. The summed E-state index contributed by atoms with van der Waals surface area (Å²) < 4.78 is 0.749. The summed E-state index contributed by atoms with van der Waals surface area (Å²) in [5, 5.41) is 11.7. The van der Waals surface area contributed by atoms with Crippen LogP contribution < -0.4 is 5.32 Å². The van der Waals surface area contributed by atoms with Crippen LogP contribution in [0.2, 0.25) is 5.02 Å². The molecule has 2 N–H and O–H groups in total. The second-order valence-corrected chi connectivity index (χ2v) is 5.35. The number of carboxylic acid groups (broad SMARTS) is 1. The van der Waals surface area contributed by atoms with E-state index in [4.69, 9.17) is 16.7 Å². The monoisotopic (exact) mass is 347 g/mol. The van der Waals surface area contributed by atoms with Crippen molar-refractivity contribution in [3.63, 3.8) is 0 Å². The van der Waals surface area contributed by atoms with Crippen LogP contribution in [0, 0.1) is 0 Å². The Balaban J connectivity index is 2.27. The van der Waals surface area contributed by atoms with Crippen LogP contribution in [0.1, 0.15) is 36.0 Å². The number of hydrogen-bond acceptors (Lipinski definition) is 2. The van der Waals surface area contributed by atoms with E-state index in [-0.39, 0.29) is 12.3 Å². The minimum absolute atomic E-state index is 0.173. The maximum atomic E-state index is 11.8. The molecule has 0 saturated carbocycles. The Morgan fingerprint density at radius 3 is 2.63 bits per heavy atom.